The summed E-state index contributed by atoms with van der Waals surface area (Å²) in [5.41, 5.74) is 11.9. The van der Waals surface area contributed by atoms with E-state index in [4.69, 9.17) is 5.73 Å². The molecule has 0 aliphatic heterocycles. The largest absolute Gasteiger partial charge is 0.326 e. The summed E-state index contributed by atoms with van der Waals surface area (Å²) in [5.74, 6) is 0.000899. The minimum Gasteiger partial charge on any atom is -0.326 e. The van der Waals surface area contributed by atoms with Crippen LogP contribution in [0.2, 0.25) is 0 Å². The van der Waals surface area contributed by atoms with E-state index in [0.717, 1.165) is 27.9 Å². The van der Waals surface area contributed by atoms with Crippen LogP contribution in [0, 0.1) is 20.8 Å². The molecular formula is C18H22N2O. The Morgan fingerprint density at radius 2 is 1.76 bits per heavy atom. The fraction of sp³-hybridized carbons (Fsp3) is 0.278. The van der Waals surface area contributed by atoms with Crippen molar-refractivity contribution in [2.75, 3.05) is 5.32 Å². The van der Waals surface area contributed by atoms with Gasteiger partial charge in [0.1, 0.15) is 0 Å². The lowest BCUT2D eigenvalue weighted by molar-refractivity contribution is -0.115. The highest BCUT2D eigenvalue weighted by molar-refractivity contribution is 5.93. The smallest absolute Gasteiger partial charge is 0.228 e. The molecule has 2 aromatic carbocycles. The Kier molecular flexibility index (Phi) is 4.76. The predicted molar refractivity (Wildman–Crippen MR) is 87.3 cm³/mol. The summed E-state index contributed by atoms with van der Waals surface area (Å²) in [6.07, 6.45) is 0.389. The number of rotatable bonds is 4. The van der Waals surface area contributed by atoms with Crippen LogP contribution in [0.15, 0.2) is 36.4 Å². The van der Waals surface area contributed by atoms with Crippen LogP contribution in [0.4, 0.5) is 5.69 Å². The van der Waals surface area contributed by atoms with Crippen molar-refractivity contribution in [3.8, 4) is 0 Å². The lowest BCUT2D eigenvalue weighted by atomic mass is 10.0. The highest BCUT2D eigenvalue weighted by atomic mass is 16.1. The molecule has 0 heterocycles. The van der Waals surface area contributed by atoms with Crippen molar-refractivity contribution in [2.24, 2.45) is 5.73 Å². The van der Waals surface area contributed by atoms with E-state index in [2.05, 4.69) is 23.5 Å². The average molecular weight is 282 g/mol. The molecule has 3 N–H and O–H groups in total. The molecule has 0 aliphatic rings. The summed E-state index contributed by atoms with van der Waals surface area (Å²) in [4.78, 5) is 12.3. The van der Waals surface area contributed by atoms with Gasteiger partial charge in [0.05, 0.1) is 6.42 Å². The van der Waals surface area contributed by atoms with E-state index in [1.807, 2.05) is 39.0 Å². The Hall–Kier alpha value is -2.13. The monoisotopic (exact) mass is 282 g/mol. The molecule has 2 aromatic rings. The van der Waals surface area contributed by atoms with Crippen molar-refractivity contribution in [2.45, 2.75) is 33.7 Å². The van der Waals surface area contributed by atoms with Crippen LogP contribution in [0.1, 0.15) is 27.8 Å². The molecule has 2 rings (SSSR count). The average Bonchev–Trinajstić information content (AvgIpc) is 2.45. The van der Waals surface area contributed by atoms with E-state index >= 15 is 0 Å². The second kappa shape index (κ2) is 6.55. The third kappa shape index (κ3) is 3.92. The summed E-state index contributed by atoms with van der Waals surface area (Å²) in [6, 6.07) is 12.1. The fourth-order valence-corrected chi connectivity index (χ4v) is 2.29. The summed E-state index contributed by atoms with van der Waals surface area (Å²) >= 11 is 0. The minimum absolute atomic E-state index is 0.000899. The number of carbonyl (C=O) groups is 1. The van der Waals surface area contributed by atoms with Crippen LogP contribution in [-0.2, 0) is 17.8 Å². The SMILES string of the molecule is Cc1ccc(C)c(CC(=O)Nc2cc(CN)ccc2C)c1. The van der Waals surface area contributed by atoms with Crippen molar-refractivity contribution in [1.29, 1.82) is 0 Å². The molecule has 21 heavy (non-hydrogen) atoms. The van der Waals surface area contributed by atoms with Crippen LogP contribution in [0.3, 0.4) is 0 Å². The lowest BCUT2D eigenvalue weighted by Gasteiger charge is -2.11. The maximum absolute atomic E-state index is 12.3. The van der Waals surface area contributed by atoms with Crippen LogP contribution in [-0.4, -0.2) is 5.91 Å². The van der Waals surface area contributed by atoms with Gasteiger partial charge in [0.25, 0.3) is 0 Å². The first-order valence-corrected chi connectivity index (χ1v) is 7.15. The number of nitrogens with two attached hydrogens (primary N) is 1. The zero-order chi connectivity index (χ0) is 15.4. The molecule has 1 amide bonds. The Bertz CT molecular complexity index is 662. The number of hydrogen-bond acceptors (Lipinski definition) is 2. The molecule has 0 saturated heterocycles. The summed E-state index contributed by atoms with van der Waals surface area (Å²) < 4.78 is 0. The molecule has 0 radical (unpaired) electrons. The number of hydrogen-bond donors (Lipinski definition) is 2. The molecule has 0 spiro atoms. The van der Waals surface area contributed by atoms with E-state index in [0.29, 0.717) is 13.0 Å². The Labute approximate surface area is 126 Å². The van der Waals surface area contributed by atoms with Crippen LogP contribution < -0.4 is 11.1 Å². The third-order valence-corrected chi connectivity index (χ3v) is 3.67. The van der Waals surface area contributed by atoms with E-state index in [1.54, 1.807) is 0 Å². The van der Waals surface area contributed by atoms with Gasteiger partial charge < -0.3 is 11.1 Å². The van der Waals surface area contributed by atoms with E-state index in [-0.39, 0.29) is 5.91 Å². The second-order valence-corrected chi connectivity index (χ2v) is 5.51. The van der Waals surface area contributed by atoms with Crippen molar-refractivity contribution in [1.82, 2.24) is 0 Å². The molecule has 0 aromatic heterocycles. The van der Waals surface area contributed by atoms with Crippen molar-refractivity contribution in [3.05, 3.63) is 64.2 Å². The standard InChI is InChI=1S/C18H22N2O/c1-12-4-5-13(2)16(8-12)10-18(21)20-17-9-15(11-19)7-6-14(17)3/h4-9H,10-11,19H2,1-3H3,(H,20,21). The van der Waals surface area contributed by atoms with Gasteiger partial charge >= 0.3 is 0 Å². The van der Waals surface area contributed by atoms with Gasteiger partial charge in [0.2, 0.25) is 5.91 Å². The number of anilines is 1. The van der Waals surface area contributed by atoms with Gasteiger partial charge in [-0.15, -0.1) is 0 Å². The number of benzene rings is 2. The van der Waals surface area contributed by atoms with E-state index in [9.17, 15) is 4.79 Å². The fourth-order valence-electron chi connectivity index (χ4n) is 2.29. The summed E-state index contributed by atoms with van der Waals surface area (Å²) in [6.45, 7) is 6.52. The van der Waals surface area contributed by atoms with Gasteiger partial charge in [-0.05, 0) is 49.1 Å². The molecular weight excluding hydrogens is 260 g/mol. The minimum atomic E-state index is 0.000899. The van der Waals surface area contributed by atoms with Crippen molar-refractivity contribution >= 4 is 11.6 Å². The molecule has 0 unspecified atom stereocenters. The molecule has 0 atom stereocenters. The lowest BCUT2D eigenvalue weighted by Crippen LogP contribution is -2.16. The maximum Gasteiger partial charge on any atom is 0.228 e. The molecule has 3 heteroatoms. The maximum atomic E-state index is 12.3. The zero-order valence-electron chi connectivity index (χ0n) is 12.9. The first kappa shape index (κ1) is 15.3. The molecule has 3 nitrogen and oxygen atoms in total. The van der Waals surface area contributed by atoms with Crippen LogP contribution in [0.25, 0.3) is 0 Å². The van der Waals surface area contributed by atoms with Gasteiger partial charge in [-0.25, -0.2) is 0 Å². The van der Waals surface area contributed by atoms with Gasteiger partial charge in [-0.1, -0.05) is 35.9 Å². The second-order valence-electron chi connectivity index (χ2n) is 5.51. The molecule has 0 aliphatic carbocycles. The van der Waals surface area contributed by atoms with Gasteiger partial charge in [0, 0.05) is 12.2 Å². The van der Waals surface area contributed by atoms with E-state index in [1.165, 1.54) is 5.56 Å². The number of nitrogens with one attached hydrogen (secondary N) is 1. The highest BCUT2D eigenvalue weighted by Gasteiger charge is 2.08. The topological polar surface area (TPSA) is 55.1 Å². The number of carbonyl (C=O) groups excluding carboxylic acids is 1. The summed E-state index contributed by atoms with van der Waals surface area (Å²) in [7, 11) is 0. The summed E-state index contributed by atoms with van der Waals surface area (Å²) in [5, 5.41) is 2.99. The first-order chi connectivity index (χ1) is 9.99. The third-order valence-electron chi connectivity index (χ3n) is 3.67. The zero-order valence-corrected chi connectivity index (χ0v) is 12.9. The van der Waals surface area contributed by atoms with Gasteiger partial charge in [0.15, 0.2) is 0 Å². The molecule has 0 bridgehead atoms. The number of aryl methyl sites for hydroxylation is 3. The van der Waals surface area contributed by atoms with Gasteiger partial charge in [-0.3, -0.25) is 4.79 Å². The molecule has 110 valence electrons. The van der Waals surface area contributed by atoms with Crippen molar-refractivity contribution < 1.29 is 4.79 Å². The Balaban J connectivity index is 2.13. The van der Waals surface area contributed by atoms with Gasteiger partial charge in [-0.2, -0.15) is 0 Å². The Morgan fingerprint density at radius 3 is 2.48 bits per heavy atom. The Morgan fingerprint density at radius 1 is 1.05 bits per heavy atom. The van der Waals surface area contributed by atoms with E-state index < -0.39 is 0 Å². The normalized spacial score (nSPS) is 10.5. The van der Waals surface area contributed by atoms with Crippen molar-refractivity contribution in [3.63, 3.8) is 0 Å². The van der Waals surface area contributed by atoms with Crippen LogP contribution >= 0.6 is 0 Å². The molecule has 0 fully saturated rings. The first-order valence-electron chi connectivity index (χ1n) is 7.15. The van der Waals surface area contributed by atoms with Crippen LogP contribution in [0.5, 0.6) is 0 Å². The number of amides is 1. The molecule has 0 saturated carbocycles. The highest BCUT2D eigenvalue weighted by Crippen LogP contribution is 2.18. The quantitative estimate of drug-likeness (QED) is 0.904. The predicted octanol–water partition coefficient (Wildman–Crippen LogP) is 3.25.